The van der Waals surface area contributed by atoms with Crippen LogP contribution in [0.2, 0.25) is 0 Å². The molecule has 1 rings (SSSR count). The largest absolute Gasteiger partial charge is 0.464 e. The van der Waals surface area contributed by atoms with Gasteiger partial charge in [0.1, 0.15) is 6.04 Å². The summed E-state index contributed by atoms with van der Waals surface area (Å²) in [5, 5.41) is 2.55. The molecule has 1 aromatic rings. The van der Waals surface area contributed by atoms with Crippen molar-refractivity contribution in [3.05, 3.63) is 35.9 Å². The van der Waals surface area contributed by atoms with Gasteiger partial charge in [0.05, 0.1) is 6.61 Å². The van der Waals surface area contributed by atoms with Gasteiger partial charge in [-0.1, -0.05) is 88.1 Å². The Kier molecular flexibility index (Phi) is 13.1. The van der Waals surface area contributed by atoms with Crippen LogP contribution in [0.4, 0.5) is 4.79 Å². The first kappa shape index (κ1) is 23.6. The summed E-state index contributed by atoms with van der Waals surface area (Å²) in [4.78, 5) is 24.2. The fraction of sp³-hybridized carbons (Fsp3) is 0.565. The number of terminal acetylenes is 1. The number of amides is 1. The summed E-state index contributed by atoms with van der Waals surface area (Å²) in [5.41, 5.74) is 0.925. The molecule has 0 radical (unpaired) electrons. The van der Waals surface area contributed by atoms with Crippen LogP contribution in [0.15, 0.2) is 30.3 Å². The van der Waals surface area contributed by atoms with Gasteiger partial charge in [-0.25, -0.2) is 9.59 Å². The summed E-state index contributed by atoms with van der Waals surface area (Å²) < 4.78 is 10.2. The average molecular weight is 388 g/mol. The number of carbonyl (C=O) groups is 2. The molecule has 0 saturated heterocycles. The maximum Gasteiger partial charge on any atom is 0.408 e. The molecule has 1 amide bonds. The molecule has 1 aromatic carbocycles. The Balaban J connectivity index is 2.37. The zero-order valence-electron chi connectivity index (χ0n) is 17.0. The average Bonchev–Trinajstić information content (AvgIpc) is 2.71. The number of ether oxygens (including phenoxy) is 2. The maximum absolute atomic E-state index is 12.4. The van der Waals surface area contributed by atoms with Gasteiger partial charge >= 0.3 is 12.1 Å². The van der Waals surface area contributed by atoms with Crippen molar-refractivity contribution in [2.75, 3.05) is 13.2 Å². The number of nitrogens with one attached hydrogen (secondary N) is 1. The molecule has 0 saturated carbocycles. The zero-order chi connectivity index (χ0) is 20.5. The van der Waals surface area contributed by atoms with Gasteiger partial charge in [-0.05, 0) is 12.0 Å². The molecule has 28 heavy (non-hydrogen) atoms. The lowest BCUT2D eigenvalue weighted by molar-refractivity contribution is -0.146. The second-order valence-corrected chi connectivity index (χ2v) is 6.81. The summed E-state index contributed by atoms with van der Waals surface area (Å²) in [7, 11) is 0. The number of hydrogen-bond acceptors (Lipinski definition) is 4. The molecule has 0 heterocycles. The van der Waals surface area contributed by atoms with Gasteiger partial charge in [0.25, 0.3) is 0 Å². The molecule has 0 fully saturated rings. The molecule has 0 bridgehead atoms. The van der Waals surface area contributed by atoms with Gasteiger partial charge in [-0.3, -0.25) is 0 Å². The van der Waals surface area contributed by atoms with E-state index in [2.05, 4.69) is 18.2 Å². The molecule has 0 aliphatic carbocycles. The normalized spacial score (nSPS) is 11.3. The fourth-order valence-corrected chi connectivity index (χ4v) is 2.84. The Morgan fingerprint density at radius 3 is 2.29 bits per heavy atom. The highest BCUT2D eigenvalue weighted by molar-refractivity contribution is 5.81. The first-order chi connectivity index (χ1) is 13.7. The van der Waals surface area contributed by atoms with Crippen LogP contribution in [0.1, 0.15) is 63.9 Å². The van der Waals surface area contributed by atoms with Crippen molar-refractivity contribution in [3.8, 4) is 12.3 Å². The van der Waals surface area contributed by atoms with E-state index in [1.807, 2.05) is 30.3 Å². The van der Waals surface area contributed by atoms with Crippen LogP contribution in [0.3, 0.4) is 0 Å². The number of carbonyl (C=O) groups excluding carboxylic acids is 2. The number of rotatable bonds is 14. The highest BCUT2D eigenvalue weighted by Crippen LogP contribution is 2.09. The summed E-state index contributed by atoms with van der Waals surface area (Å²) in [6, 6.07) is 8.65. The topological polar surface area (TPSA) is 64.6 Å². The van der Waals surface area contributed by atoms with E-state index in [1.165, 1.54) is 32.1 Å². The summed E-state index contributed by atoms with van der Waals surface area (Å²) in [6.07, 6.45) is 14.1. The number of hydrogen-bond donors (Lipinski definition) is 1. The molecule has 0 aliphatic heterocycles. The van der Waals surface area contributed by atoms with Crippen LogP contribution in [-0.2, 0) is 20.7 Å². The zero-order valence-corrected chi connectivity index (χ0v) is 17.0. The van der Waals surface area contributed by atoms with E-state index in [4.69, 9.17) is 15.9 Å². The summed E-state index contributed by atoms with van der Waals surface area (Å²) >= 11 is 0. The van der Waals surface area contributed by atoms with E-state index >= 15 is 0 Å². The SMILES string of the molecule is C#CCOC(=O)NC(Cc1ccccc1)C(=O)OCCCCCCCCCC. The number of benzene rings is 1. The second kappa shape index (κ2) is 15.6. The van der Waals surface area contributed by atoms with Gasteiger partial charge in [-0.2, -0.15) is 0 Å². The standard InChI is InChI=1S/C23H33NO4/c1-3-5-6-7-8-9-10-14-18-27-22(25)21(24-23(26)28-17-4-2)19-20-15-12-11-13-16-20/h2,11-13,15-16,21H,3,5-10,14,17-19H2,1H3,(H,24,26). The van der Waals surface area contributed by atoms with Crippen molar-refractivity contribution < 1.29 is 19.1 Å². The lowest BCUT2D eigenvalue weighted by atomic mass is 10.1. The molecule has 0 spiro atoms. The van der Waals surface area contributed by atoms with Crippen molar-refractivity contribution in [2.24, 2.45) is 0 Å². The molecule has 0 aliphatic rings. The Morgan fingerprint density at radius 1 is 1.00 bits per heavy atom. The molecule has 1 N–H and O–H groups in total. The van der Waals surface area contributed by atoms with Crippen LogP contribution in [0, 0.1) is 12.3 Å². The third-order valence-electron chi connectivity index (χ3n) is 4.39. The minimum absolute atomic E-state index is 0.142. The molecule has 1 unspecified atom stereocenters. The van der Waals surface area contributed by atoms with Gasteiger partial charge in [-0.15, -0.1) is 6.42 Å². The van der Waals surface area contributed by atoms with Crippen LogP contribution >= 0.6 is 0 Å². The highest BCUT2D eigenvalue weighted by Gasteiger charge is 2.23. The predicted octanol–water partition coefficient (Wildman–Crippen LogP) is 4.64. The van der Waals surface area contributed by atoms with E-state index in [0.717, 1.165) is 24.8 Å². The Bertz CT molecular complexity index is 594. The first-order valence-electron chi connectivity index (χ1n) is 10.2. The third-order valence-corrected chi connectivity index (χ3v) is 4.39. The van der Waals surface area contributed by atoms with Gasteiger partial charge in [0.15, 0.2) is 6.61 Å². The van der Waals surface area contributed by atoms with Gasteiger partial charge < -0.3 is 14.8 Å². The van der Waals surface area contributed by atoms with E-state index in [0.29, 0.717) is 13.0 Å². The van der Waals surface area contributed by atoms with Crippen LogP contribution in [0.25, 0.3) is 0 Å². The molecule has 154 valence electrons. The van der Waals surface area contributed by atoms with Crippen LogP contribution in [0.5, 0.6) is 0 Å². The number of alkyl carbamates (subject to hydrolysis) is 1. The lowest BCUT2D eigenvalue weighted by Gasteiger charge is -2.17. The minimum atomic E-state index is -0.804. The monoisotopic (exact) mass is 387 g/mol. The molecule has 5 heteroatoms. The van der Waals surface area contributed by atoms with Crippen molar-refractivity contribution in [3.63, 3.8) is 0 Å². The Hall–Kier alpha value is -2.48. The van der Waals surface area contributed by atoms with E-state index in [-0.39, 0.29) is 6.61 Å². The second-order valence-electron chi connectivity index (χ2n) is 6.81. The molecular formula is C23H33NO4. The quantitative estimate of drug-likeness (QED) is 0.287. The highest BCUT2D eigenvalue weighted by atomic mass is 16.6. The van der Waals surface area contributed by atoms with E-state index in [9.17, 15) is 9.59 Å². The van der Waals surface area contributed by atoms with Gasteiger partial charge in [0, 0.05) is 6.42 Å². The molecule has 5 nitrogen and oxygen atoms in total. The summed E-state index contributed by atoms with van der Waals surface area (Å²) in [5.74, 6) is 1.77. The van der Waals surface area contributed by atoms with Crippen LogP contribution in [-0.4, -0.2) is 31.3 Å². The molecule has 1 atom stereocenters. The lowest BCUT2D eigenvalue weighted by Crippen LogP contribution is -2.43. The van der Waals surface area contributed by atoms with Gasteiger partial charge in [0.2, 0.25) is 0 Å². The molecule has 0 aromatic heterocycles. The predicted molar refractivity (Wildman–Crippen MR) is 111 cm³/mol. The Morgan fingerprint density at radius 2 is 1.64 bits per heavy atom. The number of unbranched alkanes of at least 4 members (excludes halogenated alkanes) is 7. The minimum Gasteiger partial charge on any atom is -0.464 e. The maximum atomic E-state index is 12.4. The Labute approximate surface area is 169 Å². The van der Waals surface area contributed by atoms with Crippen molar-refractivity contribution in [2.45, 2.75) is 70.8 Å². The smallest absolute Gasteiger partial charge is 0.408 e. The van der Waals surface area contributed by atoms with Crippen molar-refractivity contribution in [1.29, 1.82) is 0 Å². The van der Waals surface area contributed by atoms with Crippen molar-refractivity contribution >= 4 is 12.1 Å². The number of esters is 1. The van der Waals surface area contributed by atoms with E-state index < -0.39 is 18.1 Å². The summed E-state index contributed by atoms with van der Waals surface area (Å²) in [6.45, 7) is 2.43. The first-order valence-corrected chi connectivity index (χ1v) is 10.2. The van der Waals surface area contributed by atoms with Crippen LogP contribution < -0.4 is 5.32 Å². The van der Waals surface area contributed by atoms with E-state index in [1.54, 1.807) is 0 Å². The van der Waals surface area contributed by atoms with Crippen molar-refractivity contribution in [1.82, 2.24) is 5.32 Å². The molecular weight excluding hydrogens is 354 g/mol. The fourth-order valence-electron chi connectivity index (χ4n) is 2.84. The third kappa shape index (κ3) is 11.3.